The standard InChI is InChI=1S/C20H25N3O4/c1-22(14-6-8-21-9-7-14)18(24)13-4-5-16-17(11-13)20(26)23(19(16)25)12-15-3-2-10-27-15/h4-5,11,14-15,21H,2-3,6-10,12H2,1H3. The minimum absolute atomic E-state index is 0.0839. The van der Waals surface area contributed by atoms with Gasteiger partial charge in [0.1, 0.15) is 0 Å². The Morgan fingerprint density at radius 2 is 1.93 bits per heavy atom. The first kappa shape index (κ1) is 18.1. The highest BCUT2D eigenvalue weighted by molar-refractivity contribution is 6.22. The molecular weight excluding hydrogens is 346 g/mol. The minimum atomic E-state index is -0.329. The van der Waals surface area contributed by atoms with Crippen LogP contribution in [0.2, 0.25) is 0 Å². The van der Waals surface area contributed by atoms with Crippen LogP contribution in [0.15, 0.2) is 18.2 Å². The average molecular weight is 371 g/mol. The lowest BCUT2D eigenvalue weighted by Gasteiger charge is -2.31. The van der Waals surface area contributed by atoms with Gasteiger partial charge in [-0.2, -0.15) is 0 Å². The molecule has 0 aliphatic carbocycles. The van der Waals surface area contributed by atoms with Crippen LogP contribution in [-0.2, 0) is 4.74 Å². The number of carbonyl (C=O) groups excluding carboxylic acids is 3. The zero-order chi connectivity index (χ0) is 19.0. The van der Waals surface area contributed by atoms with E-state index in [9.17, 15) is 14.4 Å². The van der Waals surface area contributed by atoms with Crippen LogP contribution in [0.4, 0.5) is 0 Å². The molecule has 3 heterocycles. The van der Waals surface area contributed by atoms with Gasteiger partial charge in [-0.1, -0.05) is 0 Å². The number of imide groups is 1. The largest absolute Gasteiger partial charge is 0.376 e. The smallest absolute Gasteiger partial charge is 0.261 e. The van der Waals surface area contributed by atoms with Gasteiger partial charge >= 0.3 is 0 Å². The lowest BCUT2D eigenvalue weighted by atomic mass is 10.0. The van der Waals surface area contributed by atoms with Crippen molar-refractivity contribution < 1.29 is 19.1 Å². The number of piperidine rings is 1. The van der Waals surface area contributed by atoms with Gasteiger partial charge in [-0.25, -0.2) is 0 Å². The van der Waals surface area contributed by atoms with Crippen LogP contribution in [0.3, 0.4) is 0 Å². The number of nitrogens with zero attached hydrogens (tertiary/aromatic N) is 2. The second-order valence-electron chi connectivity index (χ2n) is 7.51. The molecule has 2 fully saturated rings. The molecule has 27 heavy (non-hydrogen) atoms. The predicted molar refractivity (Wildman–Crippen MR) is 98.8 cm³/mol. The van der Waals surface area contributed by atoms with Crippen molar-refractivity contribution in [2.45, 2.75) is 37.8 Å². The summed E-state index contributed by atoms with van der Waals surface area (Å²) in [5, 5.41) is 3.29. The average Bonchev–Trinajstić information content (AvgIpc) is 3.30. The van der Waals surface area contributed by atoms with Gasteiger partial charge in [0.25, 0.3) is 17.7 Å². The number of amides is 3. The van der Waals surface area contributed by atoms with Crippen molar-refractivity contribution in [3.05, 3.63) is 34.9 Å². The van der Waals surface area contributed by atoms with Crippen molar-refractivity contribution in [3.8, 4) is 0 Å². The second-order valence-corrected chi connectivity index (χ2v) is 7.51. The van der Waals surface area contributed by atoms with Crippen LogP contribution >= 0.6 is 0 Å². The highest BCUT2D eigenvalue weighted by atomic mass is 16.5. The van der Waals surface area contributed by atoms with Crippen LogP contribution in [0.1, 0.15) is 56.8 Å². The van der Waals surface area contributed by atoms with E-state index in [1.54, 1.807) is 23.1 Å². The third-order valence-corrected chi connectivity index (χ3v) is 5.80. The topological polar surface area (TPSA) is 79.0 Å². The van der Waals surface area contributed by atoms with Crippen molar-refractivity contribution in [3.63, 3.8) is 0 Å². The fourth-order valence-electron chi connectivity index (χ4n) is 4.14. The molecule has 1 aromatic carbocycles. The lowest BCUT2D eigenvalue weighted by Crippen LogP contribution is -2.44. The highest BCUT2D eigenvalue weighted by Gasteiger charge is 2.38. The normalized spacial score (nSPS) is 23.0. The zero-order valence-corrected chi connectivity index (χ0v) is 15.6. The van der Waals surface area contributed by atoms with E-state index in [1.807, 2.05) is 7.05 Å². The maximum Gasteiger partial charge on any atom is 0.261 e. The number of hydrogen-bond acceptors (Lipinski definition) is 5. The van der Waals surface area contributed by atoms with Crippen LogP contribution in [0, 0.1) is 0 Å². The molecule has 144 valence electrons. The molecule has 3 aliphatic rings. The molecule has 1 atom stereocenters. The molecule has 1 N–H and O–H groups in total. The summed E-state index contributed by atoms with van der Waals surface area (Å²) in [5.74, 6) is -0.733. The molecule has 0 bridgehead atoms. The molecule has 2 saturated heterocycles. The first-order valence-corrected chi connectivity index (χ1v) is 9.66. The second kappa shape index (κ2) is 7.40. The van der Waals surface area contributed by atoms with Gasteiger partial charge in [0.05, 0.1) is 23.8 Å². The molecule has 3 aliphatic heterocycles. The number of carbonyl (C=O) groups is 3. The Labute approximate surface area is 158 Å². The summed E-state index contributed by atoms with van der Waals surface area (Å²) in [7, 11) is 1.81. The fourth-order valence-corrected chi connectivity index (χ4v) is 4.14. The van der Waals surface area contributed by atoms with Crippen molar-refractivity contribution in [2.75, 3.05) is 33.3 Å². The Bertz CT molecular complexity index is 766. The van der Waals surface area contributed by atoms with Crippen molar-refractivity contribution in [2.24, 2.45) is 0 Å². The quantitative estimate of drug-likeness (QED) is 0.807. The molecule has 7 heteroatoms. The molecule has 1 unspecified atom stereocenters. The number of rotatable bonds is 4. The van der Waals surface area contributed by atoms with Crippen LogP contribution in [0.5, 0.6) is 0 Å². The first-order valence-electron chi connectivity index (χ1n) is 9.66. The summed E-state index contributed by atoms with van der Waals surface area (Å²) in [6.45, 7) is 2.76. The van der Waals surface area contributed by atoms with Crippen LogP contribution < -0.4 is 5.32 Å². The van der Waals surface area contributed by atoms with E-state index in [1.165, 1.54) is 4.90 Å². The van der Waals surface area contributed by atoms with Crippen molar-refractivity contribution >= 4 is 17.7 Å². The summed E-state index contributed by atoms with van der Waals surface area (Å²) in [5.41, 5.74) is 1.15. The van der Waals surface area contributed by atoms with Gasteiger partial charge in [-0.15, -0.1) is 0 Å². The zero-order valence-electron chi connectivity index (χ0n) is 15.6. The molecule has 3 amide bonds. The van der Waals surface area contributed by atoms with Gasteiger partial charge < -0.3 is 15.0 Å². The van der Waals surface area contributed by atoms with Crippen molar-refractivity contribution in [1.82, 2.24) is 15.1 Å². The SMILES string of the molecule is CN(C(=O)c1ccc2c(c1)C(=O)N(CC1CCCO1)C2=O)C1CCNCC1. The van der Waals surface area contributed by atoms with Gasteiger partial charge in [-0.3, -0.25) is 19.3 Å². The van der Waals surface area contributed by atoms with Crippen LogP contribution in [-0.4, -0.2) is 73.0 Å². The maximum atomic E-state index is 12.9. The molecule has 0 saturated carbocycles. The summed E-state index contributed by atoms with van der Waals surface area (Å²) < 4.78 is 5.56. The van der Waals surface area contributed by atoms with E-state index in [-0.39, 0.29) is 36.4 Å². The minimum Gasteiger partial charge on any atom is -0.376 e. The molecule has 4 rings (SSSR count). The Morgan fingerprint density at radius 3 is 2.63 bits per heavy atom. The number of fused-ring (bicyclic) bond motifs is 1. The van der Waals surface area contributed by atoms with E-state index >= 15 is 0 Å². The van der Waals surface area contributed by atoms with Gasteiger partial charge in [0.15, 0.2) is 0 Å². The Hall–Kier alpha value is -2.25. The maximum absolute atomic E-state index is 12.9. The van der Waals surface area contributed by atoms with E-state index in [0.717, 1.165) is 38.8 Å². The monoisotopic (exact) mass is 371 g/mol. The molecule has 1 aromatic rings. The lowest BCUT2D eigenvalue weighted by molar-refractivity contribution is 0.0475. The van der Waals surface area contributed by atoms with E-state index in [0.29, 0.717) is 23.3 Å². The summed E-state index contributed by atoms with van der Waals surface area (Å²) >= 11 is 0. The number of nitrogens with one attached hydrogen (secondary N) is 1. The number of benzene rings is 1. The summed E-state index contributed by atoms with van der Waals surface area (Å²) in [4.78, 5) is 41.2. The Balaban J connectivity index is 1.52. The van der Waals surface area contributed by atoms with E-state index in [2.05, 4.69) is 5.32 Å². The Morgan fingerprint density at radius 1 is 1.19 bits per heavy atom. The molecular formula is C20H25N3O4. The molecule has 7 nitrogen and oxygen atoms in total. The van der Waals surface area contributed by atoms with E-state index in [4.69, 9.17) is 4.74 Å². The van der Waals surface area contributed by atoms with Gasteiger partial charge in [0.2, 0.25) is 0 Å². The highest BCUT2D eigenvalue weighted by Crippen LogP contribution is 2.27. The van der Waals surface area contributed by atoms with Crippen molar-refractivity contribution in [1.29, 1.82) is 0 Å². The van der Waals surface area contributed by atoms with E-state index < -0.39 is 0 Å². The fraction of sp³-hybridized carbons (Fsp3) is 0.550. The summed E-state index contributed by atoms with van der Waals surface area (Å²) in [6.07, 6.45) is 3.56. The third-order valence-electron chi connectivity index (χ3n) is 5.80. The molecule has 0 radical (unpaired) electrons. The van der Waals surface area contributed by atoms with Gasteiger partial charge in [0, 0.05) is 25.3 Å². The number of ether oxygens (including phenoxy) is 1. The predicted octanol–water partition coefficient (Wildman–Crippen LogP) is 1.29. The third kappa shape index (κ3) is 3.37. The molecule has 0 aromatic heterocycles. The summed E-state index contributed by atoms with van der Waals surface area (Å²) in [6, 6.07) is 5.03. The Kier molecular flexibility index (Phi) is 4.97. The van der Waals surface area contributed by atoms with Crippen LogP contribution in [0.25, 0.3) is 0 Å². The first-order chi connectivity index (χ1) is 13.1. The number of hydrogen-bond donors (Lipinski definition) is 1. The van der Waals surface area contributed by atoms with Gasteiger partial charge in [-0.05, 0) is 57.0 Å². The molecule has 0 spiro atoms.